The Morgan fingerprint density at radius 2 is 1.88 bits per heavy atom. The highest BCUT2D eigenvalue weighted by Crippen LogP contribution is 2.15. The molecule has 0 aliphatic carbocycles. The van der Waals surface area contributed by atoms with Gasteiger partial charge >= 0.3 is 0 Å². The van der Waals surface area contributed by atoms with Gasteiger partial charge in [-0.3, -0.25) is 4.79 Å². The standard InChI is InChI=1S/C18H21F2N3O/c1-13-6-4-5-7-14(13)12-23(9-8-22(2)3)18(24)17-16(20)10-15(19)11-21-17/h4-7,10-11H,8-9,12H2,1-3H3. The Kier molecular flexibility index (Phi) is 5.98. The number of carbonyl (C=O) groups is 1. The summed E-state index contributed by atoms with van der Waals surface area (Å²) in [5.41, 5.74) is 1.67. The average molecular weight is 333 g/mol. The summed E-state index contributed by atoms with van der Waals surface area (Å²) in [5, 5.41) is 0. The van der Waals surface area contributed by atoms with Crippen molar-refractivity contribution in [1.82, 2.24) is 14.8 Å². The summed E-state index contributed by atoms with van der Waals surface area (Å²) in [4.78, 5) is 19.8. The second-order valence-corrected chi connectivity index (χ2v) is 5.94. The van der Waals surface area contributed by atoms with Crippen molar-refractivity contribution in [2.24, 2.45) is 0 Å². The normalized spacial score (nSPS) is 10.9. The smallest absolute Gasteiger partial charge is 0.275 e. The van der Waals surface area contributed by atoms with Crippen LogP contribution in [0.3, 0.4) is 0 Å². The van der Waals surface area contributed by atoms with Gasteiger partial charge in [0.2, 0.25) is 0 Å². The van der Waals surface area contributed by atoms with E-state index in [4.69, 9.17) is 0 Å². The third-order valence-electron chi connectivity index (χ3n) is 3.74. The van der Waals surface area contributed by atoms with Crippen LogP contribution in [0.2, 0.25) is 0 Å². The number of likely N-dealkylation sites (N-methyl/N-ethyl adjacent to an activating group) is 1. The van der Waals surface area contributed by atoms with Crippen molar-refractivity contribution in [3.63, 3.8) is 0 Å². The van der Waals surface area contributed by atoms with Crippen LogP contribution in [0.15, 0.2) is 36.5 Å². The molecule has 6 heteroatoms. The summed E-state index contributed by atoms with van der Waals surface area (Å²) in [5.74, 6) is -2.29. The number of carbonyl (C=O) groups excluding carboxylic acids is 1. The van der Waals surface area contributed by atoms with E-state index in [1.165, 1.54) is 4.90 Å². The highest BCUT2D eigenvalue weighted by atomic mass is 19.1. The number of hydrogen-bond acceptors (Lipinski definition) is 3. The molecule has 2 rings (SSSR count). The van der Waals surface area contributed by atoms with Gasteiger partial charge in [0.1, 0.15) is 5.82 Å². The molecule has 1 heterocycles. The van der Waals surface area contributed by atoms with Gasteiger partial charge in [-0.05, 0) is 32.1 Å². The van der Waals surface area contributed by atoms with Crippen LogP contribution in [0.4, 0.5) is 8.78 Å². The molecule has 0 saturated heterocycles. The minimum absolute atomic E-state index is 0.345. The number of amides is 1. The van der Waals surface area contributed by atoms with Crippen molar-refractivity contribution in [2.45, 2.75) is 13.5 Å². The maximum Gasteiger partial charge on any atom is 0.275 e. The van der Waals surface area contributed by atoms with Gasteiger partial charge in [-0.15, -0.1) is 0 Å². The van der Waals surface area contributed by atoms with Crippen molar-refractivity contribution in [3.05, 3.63) is 65.0 Å². The molecule has 24 heavy (non-hydrogen) atoms. The van der Waals surface area contributed by atoms with Gasteiger partial charge in [-0.2, -0.15) is 0 Å². The largest absolute Gasteiger partial charge is 0.332 e. The second-order valence-electron chi connectivity index (χ2n) is 5.94. The fourth-order valence-corrected chi connectivity index (χ4v) is 2.29. The summed E-state index contributed by atoms with van der Waals surface area (Å²) in [6.45, 7) is 3.34. The van der Waals surface area contributed by atoms with E-state index in [9.17, 15) is 13.6 Å². The van der Waals surface area contributed by atoms with Crippen molar-refractivity contribution >= 4 is 5.91 Å². The van der Waals surface area contributed by atoms with Crippen LogP contribution in [0.5, 0.6) is 0 Å². The molecule has 4 nitrogen and oxygen atoms in total. The zero-order valence-electron chi connectivity index (χ0n) is 14.1. The first-order valence-electron chi connectivity index (χ1n) is 7.68. The van der Waals surface area contributed by atoms with Crippen LogP contribution in [0.1, 0.15) is 21.6 Å². The van der Waals surface area contributed by atoms with Gasteiger partial charge in [0.25, 0.3) is 5.91 Å². The first kappa shape index (κ1) is 18.0. The number of rotatable bonds is 6. The molecule has 0 bridgehead atoms. The Balaban J connectivity index is 2.27. The second kappa shape index (κ2) is 7.97. The van der Waals surface area contributed by atoms with Crippen LogP contribution in [0.25, 0.3) is 0 Å². The molecule has 0 aliphatic rings. The average Bonchev–Trinajstić information content (AvgIpc) is 2.52. The van der Waals surface area contributed by atoms with Crippen molar-refractivity contribution in [3.8, 4) is 0 Å². The third-order valence-corrected chi connectivity index (χ3v) is 3.74. The number of benzene rings is 1. The zero-order valence-corrected chi connectivity index (χ0v) is 14.1. The summed E-state index contributed by atoms with van der Waals surface area (Å²) in [6, 6.07) is 8.39. The van der Waals surface area contributed by atoms with Gasteiger partial charge in [-0.1, -0.05) is 24.3 Å². The van der Waals surface area contributed by atoms with E-state index in [0.29, 0.717) is 25.7 Å². The molecule has 0 atom stereocenters. The molecule has 0 saturated carbocycles. The van der Waals surface area contributed by atoms with E-state index in [0.717, 1.165) is 17.3 Å². The molecule has 1 aromatic carbocycles. The predicted molar refractivity (Wildman–Crippen MR) is 88.6 cm³/mol. The van der Waals surface area contributed by atoms with Gasteiger partial charge in [-0.25, -0.2) is 13.8 Å². The Labute approximate surface area is 140 Å². The maximum absolute atomic E-state index is 13.9. The zero-order chi connectivity index (χ0) is 17.7. The topological polar surface area (TPSA) is 36.4 Å². The van der Waals surface area contributed by atoms with E-state index in [1.807, 2.05) is 50.2 Å². The molecule has 0 N–H and O–H groups in total. The van der Waals surface area contributed by atoms with Gasteiger partial charge in [0.15, 0.2) is 11.5 Å². The van der Waals surface area contributed by atoms with Crippen molar-refractivity contribution in [1.29, 1.82) is 0 Å². The lowest BCUT2D eigenvalue weighted by Gasteiger charge is -2.25. The van der Waals surface area contributed by atoms with E-state index in [1.54, 1.807) is 0 Å². The molecule has 1 aromatic heterocycles. The monoisotopic (exact) mass is 333 g/mol. The van der Waals surface area contributed by atoms with E-state index in [2.05, 4.69) is 4.98 Å². The summed E-state index contributed by atoms with van der Waals surface area (Å²) < 4.78 is 26.9. The Bertz CT molecular complexity index is 719. The SMILES string of the molecule is Cc1ccccc1CN(CCN(C)C)C(=O)c1ncc(F)cc1F. The van der Waals surface area contributed by atoms with Crippen molar-refractivity contribution in [2.75, 3.05) is 27.2 Å². The van der Waals surface area contributed by atoms with Gasteiger partial charge in [0, 0.05) is 25.7 Å². The number of aromatic nitrogens is 1. The summed E-state index contributed by atoms with van der Waals surface area (Å²) >= 11 is 0. The fraction of sp³-hybridized carbons (Fsp3) is 0.333. The molecule has 2 aromatic rings. The lowest BCUT2D eigenvalue weighted by atomic mass is 10.1. The molecule has 1 amide bonds. The number of halogens is 2. The van der Waals surface area contributed by atoms with Crippen LogP contribution < -0.4 is 0 Å². The lowest BCUT2D eigenvalue weighted by molar-refractivity contribution is 0.0720. The maximum atomic E-state index is 13.9. The minimum atomic E-state index is -0.945. The Hall–Kier alpha value is -2.34. The molecule has 0 radical (unpaired) electrons. The van der Waals surface area contributed by atoms with Crippen LogP contribution in [0, 0.1) is 18.6 Å². The van der Waals surface area contributed by atoms with E-state index in [-0.39, 0.29) is 5.69 Å². The first-order valence-corrected chi connectivity index (χ1v) is 7.68. The first-order chi connectivity index (χ1) is 11.4. The highest BCUT2D eigenvalue weighted by Gasteiger charge is 2.22. The molecular weight excluding hydrogens is 312 g/mol. The number of aryl methyl sites for hydroxylation is 1. The van der Waals surface area contributed by atoms with E-state index >= 15 is 0 Å². The number of hydrogen-bond donors (Lipinski definition) is 0. The highest BCUT2D eigenvalue weighted by molar-refractivity contribution is 5.92. The number of nitrogens with zero attached hydrogens (tertiary/aromatic N) is 3. The third kappa shape index (κ3) is 4.58. The molecule has 128 valence electrons. The molecular formula is C18H21F2N3O. The molecule has 0 aliphatic heterocycles. The predicted octanol–water partition coefficient (Wildman–Crippen LogP) is 2.87. The Morgan fingerprint density at radius 1 is 1.17 bits per heavy atom. The Morgan fingerprint density at radius 3 is 2.50 bits per heavy atom. The minimum Gasteiger partial charge on any atom is -0.332 e. The number of pyridine rings is 1. The summed E-state index contributed by atoms with van der Waals surface area (Å²) in [6.07, 6.45) is 0.855. The van der Waals surface area contributed by atoms with Crippen LogP contribution in [-0.4, -0.2) is 47.9 Å². The quantitative estimate of drug-likeness (QED) is 0.816. The van der Waals surface area contributed by atoms with Gasteiger partial charge in [0.05, 0.1) is 6.20 Å². The van der Waals surface area contributed by atoms with Crippen LogP contribution in [-0.2, 0) is 6.54 Å². The van der Waals surface area contributed by atoms with Crippen LogP contribution >= 0.6 is 0 Å². The molecule has 0 fully saturated rings. The fourth-order valence-electron chi connectivity index (χ4n) is 2.29. The van der Waals surface area contributed by atoms with Crippen molar-refractivity contribution < 1.29 is 13.6 Å². The molecule has 0 unspecified atom stereocenters. The lowest BCUT2D eigenvalue weighted by Crippen LogP contribution is -2.37. The summed E-state index contributed by atoms with van der Waals surface area (Å²) in [7, 11) is 3.79. The molecule has 0 spiro atoms. The van der Waals surface area contributed by atoms with E-state index < -0.39 is 17.5 Å². The van der Waals surface area contributed by atoms with Gasteiger partial charge < -0.3 is 9.80 Å².